The van der Waals surface area contributed by atoms with Gasteiger partial charge >= 0.3 is 5.97 Å². The Kier molecular flexibility index (Phi) is 6.02. The SMILES string of the molecule is CCOC(=O)CC1=CCC(C)(C)c2ccc(/C=C/c3ccc(C(=O)[O-])cc3)cc21. The standard InChI is InChI=1S/C25H26O4/c1-4-29-23(26)16-20-13-14-25(2,3)22-12-9-18(15-21(20)22)6-5-17-7-10-19(11-8-17)24(27)28/h5-13,15H,4,14,16H2,1-3H3,(H,27,28)/p-1/b6-5+. The molecule has 2 aromatic carbocycles. The van der Waals surface area contributed by atoms with Crippen molar-refractivity contribution in [3.8, 4) is 0 Å². The second-order valence-corrected chi connectivity index (χ2v) is 7.85. The van der Waals surface area contributed by atoms with E-state index in [0.717, 1.165) is 28.7 Å². The zero-order valence-corrected chi connectivity index (χ0v) is 17.0. The van der Waals surface area contributed by atoms with Crippen LogP contribution in [0.1, 0.15) is 66.2 Å². The quantitative estimate of drug-likeness (QED) is 0.547. The number of ether oxygens (including phenoxy) is 1. The minimum atomic E-state index is -1.18. The van der Waals surface area contributed by atoms with Crippen molar-refractivity contribution in [2.75, 3.05) is 6.61 Å². The van der Waals surface area contributed by atoms with Crippen LogP contribution >= 0.6 is 0 Å². The van der Waals surface area contributed by atoms with Crippen LogP contribution in [0.25, 0.3) is 17.7 Å². The maximum Gasteiger partial charge on any atom is 0.310 e. The summed E-state index contributed by atoms with van der Waals surface area (Å²) >= 11 is 0. The van der Waals surface area contributed by atoms with Gasteiger partial charge in [0, 0.05) is 0 Å². The molecular formula is C25H25O4-. The fourth-order valence-corrected chi connectivity index (χ4v) is 3.58. The van der Waals surface area contributed by atoms with E-state index in [-0.39, 0.29) is 23.4 Å². The normalized spacial score (nSPS) is 14.9. The summed E-state index contributed by atoms with van der Waals surface area (Å²) in [6, 6.07) is 12.9. The number of carbonyl (C=O) groups is 2. The summed E-state index contributed by atoms with van der Waals surface area (Å²) in [4.78, 5) is 22.9. The first-order chi connectivity index (χ1) is 13.8. The molecule has 150 valence electrons. The molecule has 0 radical (unpaired) electrons. The van der Waals surface area contributed by atoms with Gasteiger partial charge in [-0.15, -0.1) is 0 Å². The Labute approximate surface area is 171 Å². The molecule has 4 nitrogen and oxygen atoms in total. The van der Waals surface area contributed by atoms with Crippen LogP contribution in [0.5, 0.6) is 0 Å². The number of rotatable bonds is 6. The molecule has 29 heavy (non-hydrogen) atoms. The van der Waals surface area contributed by atoms with E-state index in [1.807, 2.05) is 19.1 Å². The molecule has 2 aromatic rings. The first kappa shape index (κ1) is 20.6. The average molecular weight is 389 g/mol. The Morgan fingerprint density at radius 1 is 1.07 bits per heavy atom. The van der Waals surface area contributed by atoms with Crippen molar-refractivity contribution >= 4 is 29.7 Å². The Morgan fingerprint density at radius 2 is 1.72 bits per heavy atom. The monoisotopic (exact) mass is 389 g/mol. The van der Waals surface area contributed by atoms with Gasteiger partial charge < -0.3 is 14.6 Å². The summed E-state index contributed by atoms with van der Waals surface area (Å²) in [6.45, 7) is 6.60. The molecule has 3 rings (SSSR count). The van der Waals surface area contributed by atoms with Crippen LogP contribution in [-0.4, -0.2) is 18.5 Å². The first-order valence-electron chi connectivity index (χ1n) is 9.79. The molecule has 0 amide bonds. The number of hydrogen-bond donors (Lipinski definition) is 0. The lowest BCUT2D eigenvalue weighted by Gasteiger charge is -2.32. The van der Waals surface area contributed by atoms with E-state index in [1.54, 1.807) is 12.1 Å². The highest BCUT2D eigenvalue weighted by Gasteiger charge is 2.28. The molecule has 0 saturated heterocycles. The van der Waals surface area contributed by atoms with Crippen LogP contribution in [0.4, 0.5) is 0 Å². The van der Waals surface area contributed by atoms with Crippen LogP contribution in [0.2, 0.25) is 0 Å². The molecule has 0 spiro atoms. The van der Waals surface area contributed by atoms with Crippen LogP contribution in [0, 0.1) is 0 Å². The fourth-order valence-electron chi connectivity index (χ4n) is 3.58. The molecule has 4 heteroatoms. The summed E-state index contributed by atoms with van der Waals surface area (Å²) in [5.41, 5.74) is 5.41. The lowest BCUT2D eigenvalue weighted by atomic mass is 9.72. The molecule has 0 aliphatic heterocycles. The Morgan fingerprint density at radius 3 is 2.38 bits per heavy atom. The van der Waals surface area contributed by atoms with Crippen molar-refractivity contribution in [1.82, 2.24) is 0 Å². The zero-order chi connectivity index (χ0) is 21.0. The highest BCUT2D eigenvalue weighted by Crippen LogP contribution is 2.40. The summed E-state index contributed by atoms with van der Waals surface area (Å²) in [7, 11) is 0. The Hall–Kier alpha value is -3.14. The topological polar surface area (TPSA) is 66.4 Å². The molecule has 0 heterocycles. The maximum atomic E-state index is 12.0. The van der Waals surface area contributed by atoms with Gasteiger partial charge in [-0.3, -0.25) is 4.79 Å². The van der Waals surface area contributed by atoms with Crippen LogP contribution in [0.3, 0.4) is 0 Å². The highest BCUT2D eigenvalue weighted by atomic mass is 16.5. The number of fused-ring (bicyclic) bond motifs is 1. The molecule has 0 unspecified atom stereocenters. The number of carboxylic acids is 1. The van der Waals surface area contributed by atoms with Crippen LogP contribution < -0.4 is 5.11 Å². The van der Waals surface area contributed by atoms with E-state index < -0.39 is 5.97 Å². The molecule has 0 fully saturated rings. The second-order valence-electron chi connectivity index (χ2n) is 7.85. The summed E-state index contributed by atoms with van der Waals surface area (Å²) in [5.74, 6) is -1.39. The highest BCUT2D eigenvalue weighted by molar-refractivity contribution is 5.88. The van der Waals surface area contributed by atoms with Crippen LogP contribution in [-0.2, 0) is 14.9 Å². The van der Waals surface area contributed by atoms with E-state index in [2.05, 4.69) is 38.1 Å². The van der Waals surface area contributed by atoms with Gasteiger partial charge in [0.1, 0.15) is 0 Å². The van der Waals surface area contributed by atoms with Gasteiger partial charge in [-0.05, 0) is 58.2 Å². The molecular weight excluding hydrogens is 364 g/mol. The third kappa shape index (κ3) is 4.83. The number of esters is 1. The number of allylic oxidation sites excluding steroid dienone is 1. The third-order valence-corrected chi connectivity index (χ3v) is 5.23. The number of hydrogen-bond acceptors (Lipinski definition) is 4. The Bertz CT molecular complexity index is 978. The molecule has 0 aromatic heterocycles. The largest absolute Gasteiger partial charge is 0.545 e. The van der Waals surface area contributed by atoms with Gasteiger partial charge in [0.15, 0.2) is 0 Å². The fraction of sp³-hybridized carbons (Fsp3) is 0.280. The Balaban J connectivity index is 1.88. The predicted molar refractivity (Wildman–Crippen MR) is 113 cm³/mol. The minimum absolute atomic E-state index is 0.0104. The third-order valence-electron chi connectivity index (χ3n) is 5.23. The van der Waals surface area contributed by atoms with Crippen molar-refractivity contribution < 1.29 is 19.4 Å². The molecule has 1 aliphatic carbocycles. The van der Waals surface area contributed by atoms with Crippen molar-refractivity contribution in [3.63, 3.8) is 0 Å². The molecule has 0 atom stereocenters. The van der Waals surface area contributed by atoms with Crippen molar-refractivity contribution in [2.24, 2.45) is 0 Å². The van der Waals surface area contributed by atoms with Crippen molar-refractivity contribution in [3.05, 3.63) is 76.4 Å². The summed E-state index contributed by atoms with van der Waals surface area (Å²) in [6.07, 6.45) is 7.22. The smallest absolute Gasteiger partial charge is 0.310 e. The zero-order valence-electron chi connectivity index (χ0n) is 17.0. The maximum absolute atomic E-state index is 12.0. The number of benzene rings is 2. The van der Waals surface area contributed by atoms with Gasteiger partial charge in [-0.2, -0.15) is 0 Å². The van der Waals surface area contributed by atoms with Crippen molar-refractivity contribution in [1.29, 1.82) is 0 Å². The van der Waals surface area contributed by atoms with E-state index in [1.165, 1.54) is 17.7 Å². The van der Waals surface area contributed by atoms with Gasteiger partial charge in [0.25, 0.3) is 0 Å². The van der Waals surface area contributed by atoms with E-state index in [4.69, 9.17) is 4.74 Å². The summed E-state index contributed by atoms with van der Waals surface area (Å²) < 4.78 is 5.13. The van der Waals surface area contributed by atoms with E-state index in [0.29, 0.717) is 6.61 Å². The number of carboxylic acid groups (broad SMARTS) is 1. The van der Waals surface area contributed by atoms with Gasteiger partial charge in [-0.25, -0.2) is 0 Å². The first-order valence-corrected chi connectivity index (χ1v) is 9.79. The molecule has 0 bridgehead atoms. The minimum Gasteiger partial charge on any atom is -0.545 e. The summed E-state index contributed by atoms with van der Waals surface area (Å²) in [5, 5.41) is 10.9. The average Bonchev–Trinajstić information content (AvgIpc) is 2.69. The number of aromatic carboxylic acids is 1. The van der Waals surface area contributed by atoms with Gasteiger partial charge in [0.05, 0.1) is 19.0 Å². The predicted octanol–water partition coefficient (Wildman–Crippen LogP) is 4.24. The molecule has 0 N–H and O–H groups in total. The van der Waals surface area contributed by atoms with Gasteiger partial charge in [-0.1, -0.05) is 68.5 Å². The van der Waals surface area contributed by atoms with Crippen molar-refractivity contribution in [2.45, 2.75) is 39.0 Å². The number of carbonyl (C=O) groups excluding carboxylic acids is 2. The lowest BCUT2D eigenvalue weighted by molar-refractivity contribution is -0.255. The molecule has 1 aliphatic rings. The van der Waals surface area contributed by atoms with E-state index >= 15 is 0 Å². The van der Waals surface area contributed by atoms with Crippen LogP contribution in [0.15, 0.2) is 48.5 Å². The molecule has 0 saturated carbocycles. The lowest BCUT2D eigenvalue weighted by Crippen LogP contribution is -2.22. The van der Waals surface area contributed by atoms with Gasteiger partial charge in [0.2, 0.25) is 0 Å². The second kappa shape index (κ2) is 8.48. The van der Waals surface area contributed by atoms with E-state index in [9.17, 15) is 14.7 Å².